The lowest BCUT2D eigenvalue weighted by Gasteiger charge is -2.01. The Morgan fingerprint density at radius 1 is 1.67 bits per heavy atom. The number of aliphatic carboxylic acids is 1. The minimum absolute atomic E-state index is 0.0228. The van der Waals surface area contributed by atoms with Crippen molar-refractivity contribution in [2.75, 3.05) is 12.3 Å². The summed E-state index contributed by atoms with van der Waals surface area (Å²) in [5, 5.41) is 8.47. The molecule has 0 saturated carbocycles. The van der Waals surface area contributed by atoms with Crippen LogP contribution in [0.15, 0.2) is 10.4 Å². The van der Waals surface area contributed by atoms with E-state index in [1.54, 1.807) is 0 Å². The first-order valence-electron chi connectivity index (χ1n) is 3.84. The Kier molecular flexibility index (Phi) is 3.61. The second-order valence-corrected chi connectivity index (χ2v) is 5.62. The van der Waals surface area contributed by atoms with E-state index in [9.17, 15) is 13.2 Å². The molecular formula is C6H9N3O4S2. The van der Waals surface area contributed by atoms with Gasteiger partial charge in [0, 0.05) is 6.54 Å². The zero-order chi connectivity index (χ0) is 11.5. The molecule has 1 rings (SSSR count). The van der Waals surface area contributed by atoms with Gasteiger partial charge >= 0.3 is 5.97 Å². The van der Waals surface area contributed by atoms with E-state index in [1.165, 1.54) is 0 Å². The van der Waals surface area contributed by atoms with Gasteiger partial charge in [0.05, 0.1) is 12.6 Å². The minimum Gasteiger partial charge on any atom is -0.481 e. The third-order valence-electron chi connectivity index (χ3n) is 1.40. The Morgan fingerprint density at radius 2 is 2.33 bits per heavy atom. The maximum atomic E-state index is 11.4. The van der Waals surface area contributed by atoms with Crippen LogP contribution in [-0.4, -0.2) is 31.0 Å². The van der Waals surface area contributed by atoms with E-state index in [0.717, 1.165) is 17.5 Å². The van der Waals surface area contributed by atoms with Crippen LogP contribution in [0.1, 0.15) is 6.42 Å². The summed E-state index contributed by atoms with van der Waals surface area (Å²) in [5.74, 6) is -1.07. The SMILES string of the molecule is Nc1ncc(S(=O)(=O)NCCC(=O)O)s1. The molecule has 4 N–H and O–H groups in total. The molecule has 1 aromatic rings. The van der Waals surface area contributed by atoms with Crippen molar-refractivity contribution in [1.29, 1.82) is 0 Å². The lowest BCUT2D eigenvalue weighted by molar-refractivity contribution is -0.136. The quantitative estimate of drug-likeness (QED) is 0.647. The average molecular weight is 251 g/mol. The van der Waals surface area contributed by atoms with E-state index in [4.69, 9.17) is 10.8 Å². The maximum absolute atomic E-state index is 11.4. The number of rotatable bonds is 5. The maximum Gasteiger partial charge on any atom is 0.304 e. The molecule has 0 saturated heterocycles. The molecule has 0 spiro atoms. The first-order valence-corrected chi connectivity index (χ1v) is 6.14. The molecular weight excluding hydrogens is 242 g/mol. The number of aromatic nitrogens is 1. The summed E-state index contributed by atoms with van der Waals surface area (Å²) in [4.78, 5) is 13.7. The van der Waals surface area contributed by atoms with E-state index in [0.29, 0.717) is 0 Å². The number of sulfonamides is 1. The summed E-state index contributed by atoms with van der Waals surface area (Å²) >= 11 is 0.822. The number of thiazole rings is 1. The molecule has 0 radical (unpaired) electrons. The van der Waals surface area contributed by atoms with Crippen LogP contribution >= 0.6 is 11.3 Å². The summed E-state index contributed by atoms with van der Waals surface area (Å²) in [6, 6.07) is 0. The first-order chi connectivity index (χ1) is 6.92. The van der Waals surface area contributed by atoms with Gasteiger partial charge in [0.25, 0.3) is 10.0 Å². The topological polar surface area (TPSA) is 122 Å². The Hall–Kier alpha value is -1.19. The van der Waals surface area contributed by atoms with Crippen LogP contribution in [-0.2, 0) is 14.8 Å². The van der Waals surface area contributed by atoms with Crippen LogP contribution in [0.25, 0.3) is 0 Å². The molecule has 0 unspecified atom stereocenters. The molecule has 0 aliphatic heterocycles. The van der Waals surface area contributed by atoms with Gasteiger partial charge in [-0.2, -0.15) is 0 Å². The van der Waals surface area contributed by atoms with Crippen molar-refractivity contribution in [3.8, 4) is 0 Å². The van der Waals surface area contributed by atoms with Crippen molar-refractivity contribution in [3.63, 3.8) is 0 Å². The second kappa shape index (κ2) is 4.55. The highest BCUT2D eigenvalue weighted by molar-refractivity contribution is 7.91. The Labute approximate surface area is 90.0 Å². The smallest absolute Gasteiger partial charge is 0.304 e. The number of carboxylic acid groups (broad SMARTS) is 1. The monoisotopic (exact) mass is 251 g/mol. The zero-order valence-corrected chi connectivity index (χ0v) is 9.14. The van der Waals surface area contributed by atoms with Gasteiger partial charge in [-0.3, -0.25) is 4.79 Å². The largest absolute Gasteiger partial charge is 0.481 e. The predicted molar refractivity (Wildman–Crippen MR) is 54.0 cm³/mol. The number of nitrogens with one attached hydrogen (secondary N) is 1. The van der Waals surface area contributed by atoms with Crippen LogP contribution in [0.2, 0.25) is 0 Å². The van der Waals surface area contributed by atoms with E-state index >= 15 is 0 Å². The lowest BCUT2D eigenvalue weighted by atomic mass is 10.5. The number of nitrogens with two attached hydrogens (primary N) is 1. The third kappa shape index (κ3) is 3.46. The highest BCUT2D eigenvalue weighted by Crippen LogP contribution is 2.19. The van der Waals surface area contributed by atoms with Gasteiger partial charge in [0.1, 0.15) is 0 Å². The molecule has 84 valence electrons. The van der Waals surface area contributed by atoms with E-state index in [-0.39, 0.29) is 22.3 Å². The Balaban J connectivity index is 2.64. The number of nitrogen functional groups attached to an aromatic ring is 1. The van der Waals surface area contributed by atoms with Crippen LogP contribution < -0.4 is 10.5 Å². The number of carboxylic acids is 1. The second-order valence-electron chi connectivity index (χ2n) is 2.56. The lowest BCUT2D eigenvalue weighted by Crippen LogP contribution is -2.25. The summed E-state index contributed by atoms with van der Waals surface area (Å²) in [7, 11) is -3.67. The molecule has 1 aromatic heterocycles. The molecule has 0 aromatic carbocycles. The first kappa shape index (κ1) is 11.9. The van der Waals surface area contributed by atoms with Gasteiger partial charge in [-0.15, -0.1) is 0 Å². The fourth-order valence-corrected chi connectivity index (χ4v) is 2.75. The van der Waals surface area contributed by atoms with Crippen molar-refractivity contribution in [2.45, 2.75) is 10.6 Å². The third-order valence-corrected chi connectivity index (χ3v) is 4.15. The van der Waals surface area contributed by atoms with Gasteiger partial charge in [-0.25, -0.2) is 18.1 Å². The molecule has 0 bridgehead atoms. The summed E-state index contributed by atoms with van der Waals surface area (Å²) in [6.45, 7) is -0.157. The van der Waals surface area contributed by atoms with Crippen molar-refractivity contribution >= 4 is 32.5 Å². The molecule has 0 aliphatic rings. The Morgan fingerprint density at radius 3 is 2.80 bits per heavy atom. The van der Waals surface area contributed by atoms with Crippen molar-refractivity contribution in [3.05, 3.63) is 6.20 Å². The summed E-state index contributed by atoms with van der Waals surface area (Å²) in [6.07, 6.45) is 0.858. The molecule has 0 amide bonds. The average Bonchev–Trinajstić information content (AvgIpc) is 2.51. The summed E-state index contributed by atoms with van der Waals surface area (Å²) < 4.78 is 25.0. The number of hydrogen-bond donors (Lipinski definition) is 3. The fourth-order valence-electron chi connectivity index (χ4n) is 0.760. The molecule has 15 heavy (non-hydrogen) atoms. The van der Waals surface area contributed by atoms with E-state index in [2.05, 4.69) is 9.71 Å². The summed E-state index contributed by atoms with van der Waals surface area (Å²) in [5.41, 5.74) is 5.27. The van der Waals surface area contributed by atoms with Crippen LogP contribution in [0.4, 0.5) is 5.13 Å². The highest BCUT2D eigenvalue weighted by Gasteiger charge is 2.16. The van der Waals surface area contributed by atoms with Gasteiger partial charge in [0.15, 0.2) is 9.34 Å². The van der Waals surface area contributed by atoms with Crippen molar-refractivity contribution < 1.29 is 18.3 Å². The van der Waals surface area contributed by atoms with Crippen LogP contribution in [0.5, 0.6) is 0 Å². The zero-order valence-electron chi connectivity index (χ0n) is 7.50. The molecule has 0 aliphatic carbocycles. The van der Waals surface area contributed by atoms with Crippen molar-refractivity contribution in [1.82, 2.24) is 9.71 Å². The number of carbonyl (C=O) groups is 1. The van der Waals surface area contributed by atoms with Gasteiger partial charge in [0.2, 0.25) is 0 Å². The van der Waals surface area contributed by atoms with Gasteiger partial charge in [-0.1, -0.05) is 11.3 Å². The molecule has 1 heterocycles. The molecule has 7 nitrogen and oxygen atoms in total. The fraction of sp³-hybridized carbons (Fsp3) is 0.333. The van der Waals surface area contributed by atoms with Crippen LogP contribution in [0, 0.1) is 0 Å². The van der Waals surface area contributed by atoms with Crippen LogP contribution in [0.3, 0.4) is 0 Å². The van der Waals surface area contributed by atoms with E-state index in [1.807, 2.05) is 0 Å². The van der Waals surface area contributed by atoms with Crippen molar-refractivity contribution in [2.24, 2.45) is 0 Å². The predicted octanol–water partition coefficient (Wildman–Crippen LogP) is -0.522. The van der Waals surface area contributed by atoms with Gasteiger partial charge < -0.3 is 10.8 Å². The molecule has 9 heteroatoms. The Bertz CT molecular complexity index is 453. The normalized spacial score (nSPS) is 11.5. The number of nitrogens with zero attached hydrogens (tertiary/aromatic N) is 1. The minimum atomic E-state index is -3.67. The highest BCUT2D eigenvalue weighted by atomic mass is 32.2. The van der Waals surface area contributed by atoms with Gasteiger partial charge in [-0.05, 0) is 0 Å². The number of anilines is 1. The molecule has 0 atom stereocenters. The molecule has 0 fully saturated rings. The van der Waals surface area contributed by atoms with E-state index < -0.39 is 16.0 Å². The standard InChI is InChI=1S/C6H9N3O4S2/c7-6-8-3-5(14-6)15(12,13)9-2-1-4(10)11/h3,9H,1-2H2,(H2,7,8)(H,10,11). The number of hydrogen-bond acceptors (Lipinski definition) is 6.